The van der Waals surface area contributed by atoms with E-state index in [1.54, 1.807) is 30.3 Å². The molecule has 6 heteroatoms. The monoisotopic (exact) mass is 309 g/mol. The van der Waals surface area contributed by atoms with Gasteiger partial charge in [0.1, 0.15) is 5.69 Å². The van der Waals surface area contributed by atoms with Gasteiger partial charge in [-0.05, 0) is 36.8 Å². The number of carbonyl (C=O) groups is 1. The van der Waals surface area contributed by atoms with Crippen molar-refractivity contribution in [2.24, 2.45) is 0 Å². The molecule has 0 bridgehead atoms. The predicted molar refractivity (Wildman–Crippen MR) is 81.0 cm³/mol. The van der Waals surface area contributed by atoms with E-state index in [-0.39, 0.29) is 11.9 Å². The first-order valence-corrected chi connectivity index (χ1v) is 6.70. The van der Waals surface area contributed by atoms with Gasteiger partial charge in [-0.2, -0.15) is 0 Å². The minimum atomic E-state index is -0.288. The van der Waals surface area contributed by atoms with E-state index in [0.717, 1.165) is 5.56 Å². The van der Waals surface area contributed by atoms with Crippen LogP contribution in [0.25, 0.3) is 0 Å². The zero-order chi connectivity index (χ0) is 14.7. The van der Waals surface area contributed by atoms with Gasteiger partial charge >= 0.3 is 0 Å². The van der Waals surface area contributed by atoms with E-state index in [1.807, 2.05) is 6.92 Å². The van der Waals surface area contributed by atoms with Crippen molar-refractivity contribution in [3.63, 3.8) is 0 Å². The zero-order valence-corrected chi connectivity index (χ0v) is 12.2. The second-order valence-electron chi connectivity index (χ2n) is 4.34. The number of carbonyl (C=O) groups excluding carboxylic acids is 1. The van der Waals surface area contributed by atoms with Crippen molar-refractivity contribution in [3.05, 3.63) is 57.8 Å². The highest BCUT2D eigenvalue weighted by atomic mass is 35.5. The summed E-state index contributed by atoms with van der Waals surface area (Å²) < 4.78 is 0. The molecule has 1 unspecified atom stereocenters. The van der Waals surface area contributed by atoms with Gasteiger partial charge in [0.2, 0.25) is 0 Å². The molecule has 2 aromatic rings. The molecular formula is C14H13Cl2N3O. The SMILES string of the molecule is CC(NC(=O)c1ccc(N)cn1)c1ccc(Cl)cc1Cl. The Balaban J connectivity index is 2.12. The molecule has 1 atom stereocenters. The number of nitrogens with zero attached hydrogens (tertiary/aromatic N) is 1. The van der Waals surface area contributed by atoms with Crippen molar-refractivity contribution in [1.29, 1.82) is 0 Å². The van der Waals surface area contributed by atoms with Crippen molar-refractivity contribution in [2.45, 2.75) is 13.0 Å². The molecule has 0 aliphatic carbocycles. The maximum absolute atomic E-state index is 12.0. The van der Waals surface area contributed by atoms with Crippen LogP contribution in [0.5, 0.6) is 0 Å². The van der Waals surface area contributed by atoms with Gasteiger partial charge in [0, 0.05) is 10.0 Å². The Hall–Kier alpha value is -1.78. The molecule has 104 valence electrons. The lowest BCUT2D eigenvalue weighted by molar-refractivity contribution is 0.0935. The highest BCUT2D eigenvalue weighted by molar-refractivity contribution is 6.35. The third kappa shape index (κ3) is 3.40. The van der Waals surface area contributed by atoms with Crippen LogP contribution in [-0.4, -0.2) is 10.9 Å². The highest BCUT2D eigenvalue weighted by Crippen LogP contribution is 2.26. The highest BCUT2D eigenvalue weighted by Gasteiger charge is 2.14. The molecule has 0 saturated carbocycles. The first-order valence-electron chi connectivity index (χ1n) is 5.94. The van der Waals surface area contributed by atoms with E-state index in [0.29, 0.717) is 21.4 Å². The lowest BCUT2D eigenvalue weighted by atomic mass is 10.1. The minimum Gasteiger partial charge on any atom is -0.397 e. The number of benzene rings is 1. The Kier molecular flexibility index (Phi) is 4.47. The fourth-order valence-electron chi connectivity index (χ4n) is 1.74. The second kappa shape index (κ2) is 6.11. The van der Waals surface area contributed by atoms with Gasteiger partial charge in [-0.15, -0.1) is 0 Å². The molecule has 20 heavy (non-hydrogen) atoms. The number of pyridine rings is 1. The normalized spacial score (nSPS) is 11.9. The molecule has 0 aliphatic heterocycles. The Morgan fingerprint density at radius 3 is 2.65 bits per heavy atom. The Labute approximate surface area is 126 Å². The number of rotatable bonds is 3. The molecule has 1 aromatic carbocycles. The van der Waals surface area contributed by atoms with Gasteiger partial charge in [-0.1, -0.05) is 29.3 Å². The summed E-state index contributed by atoms with van der Waals surface area (Å²) in [7, 11) is 0. The van der Waals surface area contributed by atoms with Gasteiger partial charge in [-0.3, -0.25) is 4.79 Å². The number of hydrogen-bond acceptors (Lipinski definition) is 3. The second-order valence-corrected chi connectivity index (χ2v) is 5.18. The van der Waals surface area contributed by atoms with E-state index < -0.39 is 0 Å². The van der Waals surface area contributed by atoms with E-state index in [4.69, 9.17) is 28.9 Å². The summed E-state index contributed by atoms with van der Waals surface area (Å²) in [5, 5.41) is 3.89. The minimum absolute atomic E-state index is 0.258. The first kappa shape index (κ1) is 14.6. The van der Waals surface area contributed by atoms with Crippen LogP contribution < -0.4 is 11.1 Å². The van der Waals surface area contributed by atoms with E-state index >= 15 is 0 Å². The van der Waals surface area contributed by atoms with Crippen LogP contribution in [0.15, 0.2) is 36.5 Å². The smallest absolute Gasteiger partial charge is 0.270 e. The Morgan fingerprint density at radius 1 is 1.30 bits per heavy atom. The first-order chi connectivity index (χ1) is 9.47. The van der Waals surface area contributed by atoms with Crippen LogP contribution in [0.4, 0.5) is 5.69 Å². The largest absolute Gasteiger partial charge is 0.397 e. The van der Waals surface area contributed by atoms with Crippen LogP contribution in [-0.2, 0) is 0 Å². The third-order valence-corrected chi connectivity index (χ3v) is 3.36. The van der Waals surface area contributed by atoms with Crippen molar-refractivity contribution in [1.82, 2.24) is 10.3 Å². The van der Waals surface area contributed by atoms with Gasteiger partial charge in [0.05, 0.1) is 17.9 Å². The number of anilines is 1. The summed E-state index contributed by atoms with van der Waals surface area (Å²) in [5.74, 6) is -0.288. The molecule has 1 heterocycles. The molecule has 0 spiro atoms. The van der Waals surface area contributed by atoms with Crippen LogP contribution in [0.3, 0.4) is 0 Å². The van der Waals surface area contributed by atoms with Crippen LogP contribution in [0, 0.1) is 0 Å². The number of nitrogen functional groups attached to an aromatic ring is 1. The number of aromatic nitrogens is 1. The molecular weight excluding hydrogens is 297 g/mol. The number of amides is 1. The maximum atomic E-state index is 12.0. The van der Waals surface area contributed by atoms with E-state index in [9.17, 15) is 4.79 Å². The number of hydrogen-bond donors (Lipinski definition) is 2. The summed E-state index contributed by atoms with van der Waals surface area (Å²) in [5.41, 5.74) is 7.13. The van der Waals surface area contributed by atoms with Crippen LogP contribution in [0.2, 0.25) is 10.0 Å². The van der Waals surface area contributed by atoms with Crippen molar-refractivity contribution in [3.8, 4) is 0 Å². The van der Waals surface area contributed by atoms with E-state index in [1.165, 1.54) is 6.20 Å². The van der Waals surface area contributed by atoms with Gasteiger partial charge in [-0.25, -0.2) is 4.98 Å². The fourth-order valence-corrected chi connectivity index (χ4v) is 2.31. The van der Waals surface area contributed by atoms with E-state index in [2.05, 4.69) is 10.3 Å². The molecule has 0 aliphatic rings. The van der Waals surface area contributed by atoms with Crippen LogP contribution in [0.1, 0.15) is 29.0 Å². The molecule has 0 saturated heterocycles. The molecule has 1 amide bonds. The molecule has 1 aromatic heterocycles. The summed E-state index contributed by atoms with van der Waals surface area (Å²) in [6.45, 7) is 1.84. The fraction of sp³-hybridized carbons (Fsp3) is 0.143. The average molecular weight is 310 g/mol. The van der Waals surface area contributed by atoms with Gasteiger partial charge in [0.15, 0.2) is 0 Å². The lowest BCUT2D eigenvalue weighted by Gasteiger charge is -2.15. The Bertz CT molecular complexity index is 629. The average Bonchev–Trinajstić information content (AvgIpc) is 2.39. The number of nitrogens with one attached hydrogen (secondary N) is 1. The molecule has 2 rings (SSSR count). The molecule has 0 fully saturated rings. The topological polar surface area (TPSA) is 68.0 Å². The third-order valence-electron chi connectivity index (χ3n) is 2.80. The van der Waals surface area contributed by atoms with Crippen molar-refractivity contribution >= 4 is 34.8 Å². The molecule has 0 radical (unpaired) electrons. The lowest BCUT2D eigenvalue weighted by Crippen LogP contribution is -2.27. The standard InChI is InChI=1S/C14H13Cl2N3O/c1-8(11-4-2-9(15)6-12(11)16)19-14(20)13-5-3-10(17)7-18-13/h2-8H,17H2,1H3,(H,19,20). The summed E-state index contributed by atoms with van der Waals surface area (Å²) in [6, 6.07) is 8.09. The van der Waals surface area contributed by atoms with Crippen molar-refractivity contribution in [2.75, 3.05) is 5.73 Å². The quantitative estimate of drug-likeness (QED) is 0.912. The predicted octanol–water partition coefficient (Wildman–Crippen LogP) is 3.46. The maximum Gasteiger partial charge on any atom is 0.270 e. The molecule has 3 N–H and O–H groups in total. The summed E-state index contributed by atoms with van der Waals surface area (Å²) in [6.07, 6.45) is 1.44. The van der Waals surface area contributed by atoms with Crippen molar-refractivity contribution < 1.29 is 4.79 Å². The molecule has 4 nitrogen and oxygen atoms in total. The Morgan fingerprint density at radius 2 is 2.05 bits per heavy atom. The van der Waals surface area contributed by atoms with Gasteiger partial charge < -0.3 is 11.1 Å². The van der Waals surface area contributed by atoms with Gasteiger partial charge in [0.25, 0.3) is 5.91 Å². The zero-order valence-electron chi connectivity index (χ0n) is 10.7. The van der Waals surface area contributed by atoms with Crippen LogP contribution >= 0.6 is 23.2 Å². The number of halogens is 2. The summed E-state index contributed by atoms with van der Waals surface area (Å²) >= 11 is 12.0. The number of nitrogens with two attached hydrogens (primary N) is 1. The summed E-state index contributed by atoms with van der Waals surface area (Å²) in [4.78, 5) is 16.0.